The van der Waals surface area contributed by atoms with E-state index in [-0.39, 0.29) is 38.3 Å². The summed E-state index contributed by atoms with van der Waals surface area (Å²) in [6, 6.07) is 11.0. The van der Waals surface area contributed by atoms with Crippen molar-refractivity contribution in [1.82, 2.24) is 0 Å². The van der Waals surface area contributed by atoms with E-state index in [2.05, 4.69) is 0 Å². The Morgan fingerprint density at radius 2 is 1.63 bits per heavy atom. The second-order valence-corrected chi connectivity index (χ2v) is 7.90. The fraction of sp³-hybridized carbons (Fsp3) is 0.478. The van der Waals surface area contributed by atoms with Gasteiger partial charge in [-0.1, -0.05) is 12.1 Å². The maximum Gasteiger partial charge on any atom is 0.249 e. The second-order valence-electron chi connectivity index (χ2n) is 7.90. The largest absolute Gasteiger partial charge is 0.485 e. The summed E-state index contributed by atoms with van der Waals surface area (Å²) in [6.45, 7) is 2.16. The molecule has 2 aliphatic rings. The number of rotatable bonds is 7. The first-order chi connectivity index (χ1) is 14.4. The Morgan fingerprint density at radius 1 is 0.967 bits per heavy atom. The minimum absolute atomic E-state index is 0.101. The maximum absolute atomic E-state index is 14.5. The van der Waals surface area contributed by atoms with Crippen LogP contribution in [0.2, 0.25) is 0 Å². The van der Waals surface area contributed by atoms with Gasteiger partial charge in [0.05, 0.1) is 0 Å². The second kappa shape index (κ2) is 8.40. The smallest absolute Gasteiger partial charge is 0.249 e. The van der Waals surface area contributed by atoms with Gasteiger partial charge in [0.15, 0.2) is 13.6 Å². The number of benzene rings is 2. The monoisotopic (exact) mass is 420 g/mol. The highest BCUT2D eigenvalue weighted by Gasteiger charge is 2.53. The normalized spacial score (nSPS) is 24.0. The van der Waals surface area contributed by atoms with Crippen LogP contribution in [0.5, 0.6) is 17.2 Å². The molecule has 2 aromatic rings. The molecule has 1 saturated carbocycles. The molecule has 0 spiro atoms. The number of methoxy groups -OCH3 is 2. The molecule has 0 saturated heterocycles. The zero-order chi connectivity index (χ0) is 21.3. The molecule has 1 aliphatic heterocycles. The van der Waals surface area contributed by atoms with Gasteiger partial charge in [-0.05, 0) is 42.3 Å². The highest BCUT2D eigenvalue weighted by atomic mass is 19.3. The van der Waals surface area contributed by atoms with E-state index >= 15 is 0 Å². The molecule has 30 heavy (non-hydrogen) atoms. The third-order valence-electron chi connectivity index (χ3n) is 5.78. The lowest BCUT2D eigenvalue weighted by Gasteiger charge is -2.37. The fourth-order valence-corrected chi connectivity index (χ4v) is 4.53. The van der Waals surface area contributed by atoms with Gasteiger partial charge in [0.25, 0.3) is 0 Å². The average Bonchev–Trinajstić information content (AvgIpc) is 3.06. The van der Waals surface area contributed by atoms with E-state index < -0.39 is 12.0 Å². The van der Waals surface area contributed by atoms with Crippen molar-refractivity contribution in [3.8, 4) is 17.2 Å². The Bertz CT molecular complexity index is 884. The van der Waals surface area contributed by atoms with Crippen molar-refractivity contribution in [2.75, 3.05) is 27.8 Å². The first kappa shape index (κ1) is 20.9. The zero-order valence-electron chi connectivity index (χ0n) is 17.3. The summed E-state index contributed by atoms with van der Waals surface area (Å²) < 4.78 is 56.2. The lowest BCUT2D eigenvalue weighted by Crippen LogP contribution is -2.27. The van der Waals surface area contributed by atoms with E-state index in [1.165, 1.54) is 7.11 Å². The van der Waals surface area contributed by atoms with Crippen LogP contribution in [0, 0.1) is 12.8 Å². The van der Waals surface area contributed by atoms with E-state index in [4.69, 9.17) is 23.7 Å². The highest BCUT2D eigenvalue weighted by Crippen LogP contribution is 2.59. The molecule has 0 amide bonds. The number of ether oxygens (including phenoxy) is 5. The topological polar surface area (TPSA) is 46.2 Å². The predicted octanol–water partition coefficient (Wildman–Crippen LogP) is 5.22. The Kier molecular flexibility index (Phi) is 5.84. The van der Waals surface area contributed by atoms with Gasteiger partial charge >= 0.3 is 0 Å². The predicted molar refractivity (Wildman–Crippen MR) is 106 cm³/mol. The molecule has 2 aromatic carbocycles. The van der Waals surface area contributed by atoms with E-state index in [1.54, 1.807) is 7.11 Å². The van der Waals surface area contributed by atoms with E-state index in [0.717, 1.165) is 16.7 Å². The molecule has 7 heteroatoms. The molecule has 5 nitrogen and oxygen atoms in total. The summed E-state index contributed by atoms with van der Waals surface area (Å²) in [7, 11) is 3.09. The van der Waals surface area contributed by atoms with E-state index in [9.17, 15) is 8.78 Å². The summed E-state index contributed by atoms with van der Waals surface area (Å²) in [5, 5.41) is 0. The molecule has 0 radical (unpaired) electrons. The van der Waals surface area contributed by atoms with Gasteiger partial charge in [-0.2, -0.15) is 0 Å². The molecular weight excluding hydrogens is 394 g/mol. The summed E-state index contributed by atoms with van der Waals surface area (Å²) in [5.74, 6) is -1.43. The molecule has 1 fully saturated rings. The van der Waals surface area contributed by atoms with Gasteiger partial charge in [-0.15, -0.1) is 0 Å². The molecule has 0 aromatic heterocycles. The minimum Gasteiger partial charge on any atom is -0.485 e. The van der Waals surface area contributed by atoms with Crippen molar-refractivity contribution in [2.24, 2.45) is 5.92 Å². The molecule has 4 rings (SSSR count). The van der Waals surface area contributed by atoms with Crippen LogP contribution in [0.15, 0.2) is 36.4 Å². The summed E-state index contributed by atoms with van der Waals surface area (Å²) in [5.41, 5.74) is 2.51. The van der Waals surface area contributed by atoms with Crippen molar-refractivity contribution < 1.29 is 32.5 Å². The highest BCUT2D eigenvalue weighted by molar-refractivity contribution is 5.51. The summed E-state index contributed by atoms with van der Waals surface area (Å²) >= 11 is 0. The van der Waals surface area contributed by atoms with Crippen LogP contribution in [-0.4, -0.2) is 33.7 Å². The molecule has 0 N–H and O–H groups in total. The Labute approximate surface area is 174 Å². The van der Waals surface area contributed by atoms with Crippen molar-refractivity contribution >= 4 is 0 Å². The standard InChI is InChI=1S/C23H26F2O5/c1-14-8-17(29-13-27-3)9-18-19-10-23(24,25)11-20(19)22(30-21(14)18)15-4-6-16(7-5-15)28-12-26-2/h4-9,19-20,22H,10-13H2,1-3H3/t19-,20-,22-/m1/s1. The number of hydrogen-bond donors (Lipinski definition) is 0. The number of fused-ring (bicyclic) bond motifs is 3. The van der Waals surface area contributed by atoms with Gasteiger partial charge in [0.2, 0.25) is 5.92 Å². The number of aryl methyl sites for hydroxylation is 1. The molecule has 0 unspecified atom stereocenters. The average molecular weight is 420 g/mol. The van der Waals surface area contributed by atoms with Gasteiger partial charge in [0, 0.05) is 44.5 Å². The molecule has 1 aliphatic carbocycles. The molecule has 0 bridgehead atoms. The summed E-state index contributed by atoms with van der Waals surface area (Å²) in [4.78, 5) is 0. The van der Waals surface area contributed by atoms with Crippen molar-refractivity contribution in [3.05, 3.63) is 53.1 Å². The molecular formula is C23H26F2O5. The minimum atomic E-state index is -2.72. The van der Waals surface area contributed by atoms with Crippen LogP contribution in [0.3, 0.4) is 0 Å². The van der Waals surface area contributed by atoms with Crippen LogP contribution in [0.25, 0.3) is 0 Å². The zero-order valence-corrected chi connectivity index (χ0v) is 17.3. The quantitative estimate of drug-likeness (QED) is 0.575. The van der Waals surface area contributed by atoms with Crippen molar-refractivity contribution in [2.45, 2.75) is 37.7 Å². The lowest BCUT2D eigenvalue weighted by atomic mass is 9.79. The Morgan fingerprint density at radius 3 is 2.30 bits per heavy atom. The van der Waals surface area contributed by atoms with E-state index in [0.29, 0.717) is 17.2 Å². The van der Waals surface area contributed by atoms with Gasteiger partial charge < -0.3 is 23.7 Å². The van der Waals surface area contributed by atoms with Crippen LogP contribution in [0.1, 0.15) is 41.6 Å². The third kappa shape index (κ3) is 4.09. The molecule has 162 valence electrons. The van der Waals surface area contributed by atoms with Crippen LogP contribution in [0.4, 0.5) is 8.78 Å². The summed E-state index contributed by atoms with van der Waals surface area (Å²) in [6.07, 6.45) is -0.838. The van der Waals surface area contributed by atoms with Crippen LogP contribution >= 0.6 is 0 Å². The third-order valence-corrected chi connectivity index (χ3v) is 5.78. The SMILES string of the molecule is COCOc1ccc([C@H]2Oc3c(C)cc(OCOC)cc3[C@H]3CC(F)(F)C[C@H]32)cc1. The first-order valence-corrected chi connectivity index (χ1v) is 9.94. The van der Waals surface area contributed by atoms with Crippen molar-refractivity contribution in [1.29, 1.82) is 0 Å². The fourth-order valence-electron chi connectivity index (χ4n) is 4.53. The molecule has 1 heterocycles. The van der Waals surface area contributed by atoms with Gasteiger partial charge in [-0.25, -0.2) is 8.78 Å². The van der Waals surface area contributed by atoms with E-state index in [1.807, 2.05) is 43.3 Å². The van der Waals surface area contributed by atoms with Crippen LogP contribution < -0.4 is 14.2 Å². The number of alkyl halides is 2. The Hall–Kier alpha value is -2.38. The molecule has 3 atom stereocenters. The number of hydrogen-bond acceptors (Lipinski definition) is 5. The van der Waals surface area contributed by atoms with Gasteiger partial charge in [0.1, 0.15) is 23.4 Å². The first-order valence-electron chi connectivity index (χ1n) is 9.94. The van der Waals surface area contributed by atoms with Crippen LogP contribution in [-0.2, 0) is 9.47 Å². The maximum atomic E-state index is 14.5. The van der Waals surface area contributed by atoms with Crippen molar-refractivity contribution in [3.63, 3.8) is 0 Å². The van der Waals surface area contributed by atoms with Gasteiger partial charge in [-0.3, -0.25) is 0 Å². The number of halogens is 2. The lowest BCUT2D eigenvalue weighted by molar-refractivity contribution is -0.00236. The Balaban J connectivity index is 1.68.